The molecule has 7 nitrogen and oxygen atoms in total. The molecule has 7 heteroatoms. The number of nitrogens with one attached hydrogen (secondary N) is 3. The van der Waals surface area contributed by atoms with Gasteiger partial charge < -0.3 is 14.8 Å². The SMILES string of the molecule is CCN/C(=C(\CC)CC(C)(C)COC(=O)[C@@H]1CCCNN1)c1cccnc1[C@H](C)OC. The molecule has 0 aromatic carbocycles. The summed E-state index contributed by atoms with van der Waals surface area (Å²) in [6.45, 7) is 12.6. The lowest BCUT2D eigenvalue weighted by atomic mass is 9.83. The smallest absolute Gasteiger partial charge is 0.324 e. The minimum absolute atomic E-state index is 0.103. The van der Waals surface area contributed by atoms with Gasteiger partial charge >= 0.3 is 5.97 Å². The number of pyridine rings is 1. The molecule has 1 fully saturated rings. The Hall–Kier alpha value is -1.96. The molecule has 1 saturated heterocycles. The molecule has 0 saturated carbocycles. The van der Waals surface area contributed by atoms with Crippen molar-refractivity contribution in [1.29, 1.82) is 0 Å². The van der Waals surface area contributed by atoms with Crippen molar-refractivity contribution < 1.29 is 14.3 Å². The lowest BCUT2D eigenvalue weighted by molar-refractivity contribution is -0.150. The van der Waals surface area contributed by atoms with Gasteiger partial charge in [-0.25, -0.2) is 5.43 Å². The van der Waals surface area contributed by atoms with Crippen LogP contribution in [0.25, 0.3) is 5.70 Å². The van der Waals surface area contributed by atoms with Crippen LogP contribution in [0.3, 0.4) is 0 Å². The molecule has 31 heavy (non-hydrogen) atoms. The Morgan fingerprint density at radius 2 is 2.16 bits per heavy atom. The zero-order valence-electron chi connectivity index (χ0n) is 20.0. The number of ether oxygens (including phenoxy) is 2. The normalized spacial score (nSPS) is 18.8. The van der Waals surface area contributed by atoms with Gasteiger partial charge in [-0.15, -0.1) is 0 Å². The van der Waals surface area contributed by atoms with E-state index < -0.39 is 0 Å². The Morgan fingerprint density at radius 3 is 2.77 bits per heavy atom. The molecule has 1 aliphatic rings. The second-order valence-electron chi connectivity index (χ2n) is 8.89. The average Bonchev–Trinajstić information content (AvgIpc) is 2.79. The maximum absolute atomic E-state index is 12.4. The molecule has 3 N–H and O–H groups in total. The summed E-state index contributed by atoms with van der Waals surface area (Å²) in [6.07, 6.45) is 5.18. The van der Waals surface area contributed by atoms with Crippen LogP contribution in [0.1, 0.15) is 77.7 Å². The summed E-state index contributed by atoms with van der Waals surface area (Å²) in [5.74, 6) is -0.183. The van der Waals surface area contributed by atoms with Crippen LogP contribution in [0, 0.1) is 5.41 Å². The highest BCUT2D eigenvalue weighted by molar-refractivity contribution is 5.75. The minimum atomic E-state index is -0.267. The summed E-state index contributed by atoms with van der Waals surface area (Å²) < 4.78 is 11.3. The number of esters is 1. The number of carbonyl (C=O) groups is 1. The summed E-state index contributed by atoms with van der Waals surface area (Å²) in [5, 5.41) is 3.57. The minimum Gasteiger partial charge on any atom is -0.464 e. The Morgan fingerprint density at radius 1 is 1.39 bits per heavy atom. The standard InChI is InChI=1S/C24H40N4O3/c1-7-18(15-24(4,5)16-31-23(29)20-12-10-14-27-28-20)22(25-8-2)19-11-9-13-26-21(19)17(3)30-6/h9,11,13,17,20,25,27-28H,7-8,10,12,14-16H2,1-6H3/b22-18+/t17-,20-/m0/s1. The van der Waals surface area contributed by atoms with E-state index in [-0.39, 0.29) is 23.5 Å². The second-order valence-corrected chi connectivity index (χ2v) is 8.89. The van der Waals surface area contributed by atoms with Crippen LogP contribution >= 0.6 is 0 Å². The molecular weight excluding hydrogens is 392 g/mol. The summed E-state index contributed by atoms with van der Waals surface area (Å²) >= 11 is 0. The van der Waals surface area contributed by atoms with Gasteiger partial charge in [-0.1, -0.05) is 20.8 Å². The van der Waals surface area contributed by atoms with Gasteiger partial charge in [-0.05, 0) is 57.2 Å². The van der Waals surface area contributed by atoms with E-state index in [2.05, 4.69) is 54.9 Å². The molecule has 0 spiro atoms. The van der Waals surface area contributed by atoms with Gasteiger partial charge in [-0.2, -0.15) is 0 Å². The zero-order valence-corrected chi connectivity index (χ0v) is 20.0. The van der Waals surface area contributed by atoms with Gasteiger partial charge in [-0.3, -0.25) is 15.2 Å². The fourth-order valence-electron chi connectivity index (χ4n) is 3.88. The van der Waals surface area contributed by atoms with Crippen molar-refractivity contribution in [2.45, 2.75) is 72.4 Å². The summed E-state index contributed by atoms with van der Waals surface area (Å²) in [5.41, 5.74) is 10.3. The first-order valence-electron chi connectivity index (χ1n) is 11.4. The summed E-state index contributed by atoms with van der Waals surface area (Å²) in [6, 6.07) is 3.79. The number of methoxy groups -OCH3 is 1. The quantitative estimate of drug-likeness (QED) is 0.459. The lowest BCUT2D eigenvalue weighted by Gasteiger charge is -2.29. The van der Waals surface area contributed by atoms with Crippen molar-refractivity contribution in [3.05, 3.63) is 35.2 Å². The highest BCUT2D eigenvalue weighted by atomic mass is 16.5. The van der Waals surface area contributed by atoms with Gasteiger partial charge in [0.05, 0.1) is 18.4 Å². The van der Waals surface area contributed by atoms with Crippen molar-refractivity contribution in [3.8, 4) is 0 Å². The summed E-state index contributed by atoms with van der Waals surface area (Å²) in [7, 11) is 1.70. The number of hydrazine groups is 1. The van der Waals surface area contributed by atoms with Gasteiger partial charge in [0.25, 0.3) is 0 Å². The first kappa shape index (κ1) is 25.3. The van der Waals surface area contributed by atoms with Crippen LogP contribution in [0.5, 0.6) is 0 Å². The molecule has 2 heterocycles. The van der Waals surface area contributed by atoms with Crippen LogP contribution in [-0.2, 0) is 14.3 Å². The largest absolute Gasteiger partial charge is 0.464 e. The third-order valence-electron chi connectivity index (χ3n) is 5.63. The van der Waals surface area contributed by atoms with Crippen LogP contribution in [0.4, 0.5) is 0 Å². The van der Waals surface area contributed by atoms with Crippen molar-refractivity contribution >= 4 is 11.7 Å². The van der Waals surface area contributed by atoms with E-state index in [4.69, 9.17) is 9.47 Å². The van der Waals surface area contributed by atoms with Crippen LogP contribution in [0.15, 0.2) is 23.9 Å². The Bertz CT molecular complexity index is 742. The fourth-order valence-corrected chi connectivity index (χ4v) is 3.88. The molecule has 1 aromatic heterocycles. The van der Waals surface area contributed by atoms with Gasteiger partial charge in [0.2, 0.25) is 0 Å². The van der Waals surface area contributed by atoms with Crippen molar-refractivity contribution in [1.82, 2.24) is 21.2 Å². The predicted octanol–water partition coefficient (Wildman–Crippen LogP) is 3.74. The van der Waals surface area contributed by atoms with Crippen LogP contribution in [-0.4, -0.2) is 43.8 Å². The van der Waals surface area contributed by atoms with E-state index in [0.29, 0.717) is 6.61 Å². The second kappa shape index (κ2) is 12.2. The summed E-state index contributed by atoms with van der Waals surface area (Å²) in [4.78, 5) is 17.0. The number of hydrogen-bond acceptors (Lipinski definition) is 7. The van der Waals surface area contributed by atoms with Crippen molar-refractivity contribution in [2.75, 3.05) is 26.8 Å². The van der Waals surface area contributed by atoms with Crippen molar-refractivity contribution in [3.63, 3.8) is 0 Å². The highest BCUT2D eigenvalue weighted by Crippen LogP contribution is 2.33. The topological polar surface area (TPSA) is 84.5 Å². The van der Waals surface area contributed by atoms with E-state index >= 15 is 0 Å². The first-order chi connectivity index (χ1) is 14.8. The number of hydrogen-bond donors (Lipinski definition) is 3. The van der Waals surface area contributed by atoms with E-state index in [1.165, 1.54) is 5.57 Å². The number of allylic oxidation sites excluding steroid dienone is 1. The molecule has 2 atom stereocenters. The van der Waals surface area contributed by atoms with Gasteiger partial charge in [0.15, 0.2) is 0 Å². The maximum Gasteiger partial charge on any atom is 0.324 e. The van der Waals surface area contributed by atoms with E-state index in [0.717, 1.165) is 55.7 Å². The Labute approximate surface area is 187 Å². The van der Waals surface area contributed by atoms with E-state index in [1.807, 2.05) is 13.0 Å². The van der Waals surface area contributed by atoms with Crippen LogP contribution < -0.4 is 16.2 Å². The Balaban J connectivity index is 2.22. The fraction of sp³-hybridized carbons (Fsp3) is 0.667. The molecule has 0 unspecified atom stereocenters. The zero-order chi connectivity index (χ0) is 22.9. The lowest BCUT2D eigenvalue weighted by Crippen LogP contribution is -2.50. The Kier molecular flexibility index (Phi) is 9.93. The number of aromatic nitrogens is 1. The molecule has 2 rings (SSSR count). The highest BCUT2D eigenvalue weighted by Gasteiger charge is 2.28. The molecular formula is C24H40N4O3. The van der Waals surface area contributed by atoms with Gasteiger partial charge in [0, 0.05) is 43.1 Å². The third kappa shape index (κ3) is 7.30. The monoisotopic (exact) mass is 432 g/mol. The van der Waals surface area contributed by atoms with Crippen LogP contribution in [0.2, 0.25) is 0 Å². The molecule has 0 radical (unpaired) electrons. The third-order valence-corrected chi connectivity index (χ3v) is 5.63. The predicted molar refractivity (Wildman–Crippen MR) is 124 cm³/mol. The first-order valence-corrected chi connectivity index (χ1v) is 11.4. The molecule has 0 aliphatic carbocycles. The van der Waals surface area contributed by atoms with E-state index in [1.54, 1.807) is 13.3 Å². The number of rotatable bonds is 11. The number of carbonyl (C=O) groups excluding carboxylic acids is 1. The van der Waals surface area contributed by atoms with Crippen molar-refractivity contribution in [2.24, 2.45) is 5.41 Å². The molecule has 1 aromatic rings. The van der Waals surface area contributed by atoms with Gasteiger partial charge in [0.1, 0.15) is 6.04 Å². The molecule has 1 aliphatic heterocycles. The molecule has 0 amide bonds. The molecule has 0 bridgehead atoms. The number of nitrogens with zero attached hydrogens (tertiary/aromatic N) is 1. The molecule has 174 valence electrons. The average molecular weight is 433 g/mol. The maximum atomic E-state index is 12.4. The van der Waals surface area contributed by atoms with E-state index in [9.17, 15) is 4.79 Å².